The SMILES string of the molecule is Cc1ccsc1-c1cc(-c2ccc(-c3ccccc3)cc2)nc(N)c1C#N. The third-order valence-electron chi connectivity index (χ3n) is 4.55. The van der Waals surface area contributed by atoms with Crippen LogP contribution in [0.1, 0.15) is 11.1 Å². The van der Waals surface area contributed by atoms with Gasteiger partial charge in [-0.25, -0.2) is 4.98 Å². The first-order valence-electron chi connectivity index (χ1n) is 8.58. The van der Waals surface area contributed by atoms with E-state index in [2.05, 4.69) is 35.3 Å². The van der Waals surface area contributed by atoms with Gasteiger partial charge in [0.05, 0.1) is 5.69 Å². The number of hydrogen-bond acceptors (Lipinski definition) is 4. The van der Waals surface area contributed by atoms with Gasteiger partial charge in [-0.2, -0.15) is 5.26 Å². The van der Waals surface area contributed by atoms with Crippen molar-refractivity contribution < 1.29 is 0 Å². The highest BCUT2D eigenvalue weighted by Gasteiger charge is 2.15. The van der Waals surface area contributed by atoms with E-state index in [1.807, 2.05) is 54.8 Å². The highest BCUT2D eigenvalue weighted by atomic mass is 32.1. The van der Waals surface area contributed by atoms with Crippen molar-refractivity contribution >= 4 is 17.2 Å². The summed E-state index contributed by atoms with van der Waals surface area (Å²) in [5.41, 5.74) is 12.6. The third-order valence-corrected chi connectivity index (χ3v) is 5.60. The van der Waals surface area contributed by atoms with Crippen molar-refractivity contribution in [2.75, 3.05) is 5.73 Å². The summed E-state index contributed by atoms with van der Waals surface area (Å²) >= 11 is 1.61. The number of anilines is 1. The molecule has 2 aromatic carbocycles. The molecular weight excluding hydrogens is 350 g/mol. The molecule has 0 spiro atoms. The van der Waals surface area contributed by atoms with Crippen LogP contribution in [0, 0.1) is 18.3 Å². The molecular formula is C23H17N3S. The third kappa shape index (κ3) is 3.21. The number of nitrogens with two attached hydrogens (primary N) is 1. The minimum atomic E-state index is 0.268. The molecule has 0 amide bonds. The van der Waals surface area contributed by atoms with Crippen molar-refractivity contribution in [1.29, 1.82) is 5.26 Å². The van der Waals surface area contributed by atoms with Gasteiger partial charge in [0, 0.05) is 16.0 Å². The molecule has 4 rings (SSSR count). The molecule has 2 heterocycles. The van der Waals surface area contributed by atoms with Gasteiger partial charge < -0.3 is 5.73 Å². The normalized spacial score (nSPS) is 10.5. The van der Waals surface area contributed by atoms with E-state index in [-0.39, 0.29) is 5.82 Å². The van der Waals surface area contributed by atoms with E-state index in [4.69, 9.17) is 5.73 Å². The van der Waals surface area contributed by atoms with Crippen LogP contribution in [0.15, 0.2) is 72.1 Å². The van der Waals surface area contributed by atoms with Crippen LogP contribution in [0.3, 0.4) is 0 Å². The Bertz CT molecular complexity index is 1140. The van der Waals surface area contributed by atoms with Gasteiger partial charge in [0.15, 0.2) is 0 Å². The molecule has 4 aromatic rings. The molecule has 130 valence electrons. The zero-order valence-corrected chi connectivity index (χ0v) is 15.6. The van der Waals surface area contributed by atoms with Gasteiger partial charge in [-0.05, 0) is 41.1 Å². The summed E-state index contributed by atoms with van der Waals surface area (Å²) in [4.78, 5) is 5.53. The molecule has 2 aromatic heterocycles. The first-order valence-corrected chi connectivity index (χ1v) is 9.46. The fourth-order valence-corrected chi connectivity index (χ4v) is 4.07. The van der Waals surface area contributed by atoms with E-state index in [1.54, 1.807) is 11.3 Å². The zero-order valence-electron chi connectivity index (χ0n) is 14.8. The molecule has 0 aliphatic heterocycles. The summed E-state index contributed by atoms with van der Waals surface area (Å²) in [6.45, 7) is 2.04. The van der Waals surface area contributed by atoms with Gasteiger partial charge in [-0.15, -0.1) is 11.3 Å². The highest BCUT2D eigenvalue weighted by molar-refractivity contribution is 7.13. The van der Waals surface area contributed by atoms with E-state index in [1.165, 1.54) is 5.56 Å². The van der Waals surface area contributed by atoms with Gasteiger partial charge in [0.25, 0.3) is 0 Å². The monoisotopic (exact) mass is 367 g/mol. The fourth-order valence-electron chi connectivity index (χ4n) is 3.12. The summed E-state index contributed by atoms with van der Waals surface area (Å²) < 4.78 is 0. The molecule has 3 nitrogen and oxygen atoms in total. The number of benzene rings is 2. The van der Waals surface area contributed by atoms with E-state index >= 15 is 0 Å². The fraction of sp³-hybridized carbons (Fsp3) is 0.0435. The van der Waals surface area contributed by atoms with Crippen LogP contribution in [0.4, 0.5) is 5.82 Å². The summed E-state index contributed by atoms with van der Waals surface area (Å²) in [6, 6.07) is 24.7. The van der Waals surface area contributed by atoms with Gasteiger partial charge >= 0.3 is 0 Å². The number of aryl methyl sites for hydroxylation is 1. The maximum Gasteiger partial charge on any atom is 0.142 e. The van der Waals surface area contributed by atoms with E-state index in [0.29, 0.717) is 5.56 Å². The van der Waals surface area contributed by atoms with Crippen molar-refractivity contribution in [3.05, 3.63) is 83.2 Å². The molecule has 2 N–H and O–H groups in total. The lowest BCUT2D eigenvalue weighted by Crippen LogP contribution is -1.99. The maximum absolute atomic E-state index is 9.55. The Morgan fingerprint density at radius 3 is 2.22 bits per heavy atom. The Morgan fingerprint density at radius 2 is 1.59 bits per heavy atom. The molecule has 0 aliphatic carbocycles. The Morgan fingerprint density at radius 1 is 0.926 bits per heavy atom. The van der Waals surface area contributed by atoms with Crippen LogP contribution in [0.5, 0.6) is 0 Å². The van der Waals surface area contributed by atoms with Crippen molar-refractivity contribution in [2.45, 2.75) is 6.92 Å². The van der Waals surface area contributed by atoms with Crippen LogP contribution < -0.4 is 5.73 Å². The molecule has 0 saturated carbocycles. The smallest absolute Gasteiger partial charge is 0.142 e. The summed E-state index contributed by atoms with van der Waals surface area (Å²) in [5, 5.41) is 11.6. The van der Waals surface area contributed by atoms with E-state index < -0.39 is 0 Å². The number of nitrogen functional groups attached to an aromatic ring is 1. The molecule has 0 fully saturated rings. The number of rotatable bonds is 3. The summed E-state index contributed by atoms with van der Waals surface area (Å²) in [6.07, 6.45) is 0. The van der Waals surface area contributed by atoms with Crippen LogP contribution in [-0.4, -0.2) is 4.98 Å². The topological polar surface area (TPSA) is 62.7 Å². The second-order valence-electron chi connectivity index (χ2n) is 6.30. The molecule has 0 bridgehead atoms. The number of thiophene rings is 1. The largest absolute Gasteiger partial charge is 0.383 e. The average Bonchev–Trinajstić information content (AvgIpc) is 3.14. The minimum absolute atomic E-state index is 0.268. The lowest BCUT2D eigenvalue weighted by Gasteiger charge is -2.10. The minimum Gasteiger partial charge on any atom is -0.383 e. The Kier molecular flexibility index (Phi) is 4.45. The van der Waals surface area contributed by atoms with Gasteiger partial charge in [0.2, 0.25) is 0 Å². The van der Waals surface area contributed by atoms with Crippen LogP contribution in [-0.2, 0) is 0 Å². The van der Waals surface area contributed by atoms with Crippen molar-refractivity contribution in [1.82, 2.24) is 4.98 Å². The molecule has 0 atom stereocenters. The molecule has 27 heavy (non-hydrogen) atoms. The summed E-state index contributed by atoms with van der Waals surface area (Å²) in [7, 11) is 0. The van der Waals surface area contributed by atoms with E-state index in [0.717, 1.165) is 32.8 Å². The zero-order chi connectivity index (χ0) is 18.8. The van der Waals surface area contributed by atoms with Gasteiger partial charge in [0.1, 0.15) is 17.5 Å². The molecule has 0 radical (unpaired) electrons. The summed E-state index contributed by atoms with van der Waals surface area (Å²) in [5.74, 6) is 0.268. The predicted molar refractivity (Wildman–Crippen MR) is 112 cm³/mol. The Hall–Kier alpha value is -3.42. The Balaban J connectivity index is 1.80. The Labute approximate surface area is 162 Å². The molecule has 0 unspecified atom stereocenters. The number of aromatic nitrogens is 1. The van der Waals surface area contributed by atoms with Crippen LogP contribution in [0.2, 0.25) is 0 Å². The maximum atomic E-state index is 9.55. The van der Waals surface area contributed by atoms with Crippen molar-refractivity contribution in [3.63, 3.8) is 0 Å². The predicted octanol–water partition coefficient (Wildman–Crippen LogP) is 5.91. The lowest BCUT2D eigenvalue weighted by atomic mass is 9.99. The second kappa shape index (κ2) is 7.06. The van der Waals surface area contributed by atoms with Crippen molar-refractivity contribution in [2.24, 2.45) is 0 Å². The first kappa shape index (κ1) is 17.0. The van der Waals surface area contributed by atoms with Gasteiger partial charge in [-0.1, -0.05) is 54.6 Å². The molecule has 4 heteroatoms. The average molecular weight is 367 g/mol. The second-order valence-corrected chi connectivity index (χ2v) is 7.22. The van der Waals surface area contributed by atoms with E-state index in [9.17, 15) is 5.26 Å². The number of nitriles is 1. The quantitative estimate of drug-likeness (QED) is 0.490. The lowest BCUT2D eigenvalue weighted by molar-refractivity contribution is 1.31. The first-order chi connectivity index (χ1) is 13.2. The van der Waals surface area contributed by atoms with Crippen molar-refractivity contribution in [3.8, 4) is 38.9 Å². The molecule has 0 saturated heterocycles. The standard InChI is InChI=1S/C23H17N3S/c1-15-11-12-27-22(15)19-13-21(26-23(25)20(19)14-24)18-9-7-17(8-10-18)16-5-3-2-4-6-16/h2-13H,1H3,(H2,25,26). The highest BCUT2D eigenvalue weighted by Crippen LogP contribution is 2.36. The number of hydrogen-bond donors (Lipinski definition) is 1. The van der Waals surface area contributed by atoms with Gasteiger partial charge in [-0.3, -0.25) is 0 Å². The van der Waals surface area contributed by atoms with Crippen LogP contribution >= 0.6 is 11.3 Å². The molecule has 0 aliphatic rings. The number of pyridine rings is 1. The van der Waals surface area contributed by atoms with Crippen LogP contribution in [0.25, 0.3) is 32.8 Å². The number of nitrogens with zero attached hydrogens (tertiary/aromatic N) is 2.